The Morgan fingerprint density at radius 2 is 1.74 bits per heavy atom. The van der Waals surface area contributed by atoms with Crippen molar-refractivity contribution in [2.45, 2.75) is 38.4 Å². The van der Waals surface area contributed by atoms with Gasteiger partial charge in [-0.2, -0.15) is 13.2 Å². The van der Waals surface area contributed by atoms with Crippen LogP contribution in [-0.2, 0) is 14.4 Å². The first-order chi connectivity index (χ1) is 8.61. The zero-order valence-electron chi connectivity index (χ0n) is 10.1. The number of hydrogen-bond acceptors (Lipinski definition) is 3. The molecule has 1 atom stereocenters. The molecule has 0 aliphatic heterocycles. The second-order valence-electron chi connectivity index (χ2n) is 3.78. The van der Waals surface area contributed by atoms with E-state index < -0.39 is 43.0 Å². The van der Waals surface area contributed by atoms with Crippen LogP contribution in [0.15, 0.2) is 0 Å². The molecule has 0 fully saturated rings. The Labute approximate surface area is 106 Å². The Morgan fingerprint density at radius 1 is 1.21 bits per heavy atom. The van der Waals surface area contributed by atoms with Crippen LogP contribution in [0, 0.1) is 0 Å². The van der Waals surface area contributed by atoms with E-state index in [-0.39, 0.29) is 17.7 Å². The van der Waals surface area contributed by atoms with Crippen LogP contribution in [-0.4, -0.2) is 51.7 Å². The minimum Gasteiger partial charge on any atom is -0.481 e. The van der Waals surface area contributed by atoms with Gasteiger partial charge in [-0.05, 0) is 6.42 Å². The molecular weight excluding hydrogens is 271 g/mol. The number of carbonyl (C=O) groups excluding carboxylic acids is 1. The Kier molecular flexibility index (Phi) is 6.30. The molecule has 2 N–H and O–H groups in total. The molecule has 19 heavy (non-hydrogen) atoms. The molecule has 9 heteroatoms. The molecule has 110 valence electrons. The van der Waals surface area contributed by atoms with Gasteiger partial charge < -0.3 is 15.1 Å². The average Bonchev–Trinajstić information content (AvgIpc) is 2.25. The zero-order valence-corrected chi connectivity index (χ0v) is 10.1. The van der Waals surface area contributed by atoms with Crippen molar-refractivity contribution in [1.82, 2.24) is 4.90 Å². The van der Waals surface area contributed by atoms with Crippen LogP contribution in [0.1, 0.15) is 26.2 Å². The topological polar surface area (TPSA) is 94.9 Å². The monoisotopic (exact) mass is 285 g/mol. The molecule has 0 saturated carbocycles. The number of carboxylic acid groups (broad SMARTS) is 2. The number of alkyl halides is 3. The van der Waals surface area contributed by atoms with E-state index in [2.05, 4.69) is 0 Å². The maximum atomic E-state index is 12.4. The molecule has 0 heterocycles. The molecule has 1 amide bonds. The van der Waals surface area contributed by atoms with E-state index in [0.717, 1.165) is 0 Å². The van der Waals surface area contributed by atoms with Crippen molar-refractivity contribution in [3.63, 3.8) is 0 Å². The third-order valence-electron chi connectivity index (χ3n) is 2.29. The molecule has 0 saturated heterocycles. The van der Waals surface area contributed by atoms with Gasteiger partial charge in [0.25, 0.3) is 0 Å². The van der Waals surface area contributed by atoms with Crippen molar-refractivity contribution in [1.29, 1.82) is 0 Å². The Hall–Kier alpha value is -1.80. The van der Waals surface area contributed by atoms with Crippen LogP contribution in [0.25, 0.3) is 0 Å². The molecule has 0 aromatic rings. The fourth-order valence-electron chi connectivity index (χ4n) is 1.46. The van der Waals surface area contributed by atoms with Gasteiger partial charge in [0.2, 0.25) is 0 Å². The average molecular weight is 285 g/mol. The van der Waals surface area contributed by atoms with Gasteiger partial charge in [-0.3, -0.25) is 9.59 Å². The van der Waals surface area contributed by atoms with Gasteiger partial charge in [0.05, 0.1) is 6.42 Å². The van der Waals surface area contributed by atoms with Crippen LogP contribution in [0.4, 0.5) is 13.2 Å². The lowest BCUT2D eigenvalue weighted by molar-refractivity contribution is -0.190. The van der Waals surface area contributed by atoms with Crippen molar-refractivity contribution in [2.24, 2.45) is 0 Å². The van der Waals surface area contributed by atoms with E-state index in [1.54, 1.807) is 6.92 Å². The third-order valence-corrected chi connectivity index (χ3v) is 2.29. The molecule has 0 aromatic carbocycles. The van der Waals surface area contributed by atoms with E-state index in [9.17, 15) is 27.6 Å². The first kappa shape index (κ1) is 17.2. The fraction of sp³-hybridized carbons (Fsp3) is 0.700. The summed E-state index contributed by atoms with van der Waals surface area (Å²) in [4.78, 5) is 32.5. The Morgan fingerprint density at radius 3 is 2.05 bits per heavy atom. The predicted octanol–water partition coefficient (Wildman–Crippen LogP) is 1.11. The summed E-state index contributed by atoms with van der Waals surface area (Å²) in [7, 11) is 0. The van der Waals surface area contributed by atoms with Crippen LogP contribution < -0.4 is 0 Å². The van der Waals surface area contributed by atoms with Crippen molar-refractivity contribution >= 4 is 17.8 Å². The third kappa shape index (κ3) is 5.58. The molecule has 1 unspecified atom stereocenters. The van der Waals surface area contributed by atoms with Crippen molar-refractivity contribution in [2.75, 3.05) is 6.54 Å². The number of nitrogens with zero attached hydrogens (tertiary/aromatic N) is 1. The van der Waals surface area contributed by atoms with Gasteiger partial charge in [-0.25, -0.2) is 4.79 Å². The van der Waals surface area contributed by atoms with Gasteiger partial charge in [-0.1, -0.05) is 13.3 Å². The lowest BCUT2D eigenvalue weighted by atomic mass is 10.1. The molecule has 0 radical (unpaired) electrons. The number of carbonyl (C=O) groups is 3. The van der Waals surface area contributed by atoms with E-state index in [0.29, 0.717) is 0 Å². The van der Waals surface area contributed by atoms with E-state index >= 15 is 0 Å². The van der Waals surface area contributed by atoms with Crippen molar-refractivity contribution < 1.29 is 37.8 Å². The zero-order chi connectivity index (χ0) is 15.2. The molecule has 0 aliphatic carbocycles. The molecule has 0 bridgehead atoms. The fourth-order valence-corrected chi connectivity index (χ4v) is 1.46. The number of aliphatic carboxylic acids is 2. The van der Waals surface area contributed by atoms with Gasteiger partial charge in [0.15, 0.2) is 0 Å². The van der Waals surface area contributed by atoms with E-state index in [1.807, 2.05) is 0 Å². The largest absolute Gasteiger partial charge is 0.481 e. The van der Waals surface area contributed by atoms with Gasteiger partial charge in [0.1, 0.15) is 6.04 Å². The molecular formula is C10H14F3NO5. The SMILES string of the molecule is CCCC(C(=O)O)N(CCC(=O)O)C(=O)C(F)(F)F. The quantitative estimate of drug-likeness (QED) is 0.730. The minimum atomic E-state index is -5.24. The number of rotatable bonds is 7. The summed E-state index contributed by atoms with van der Waals surface area (Å²) in [5.41, 5.74) is 0. The summed E-state index contributed by atoms with van der Waals surface area (Å²) in [6.45, 7) is 0.744. The van der Waals surface area contributed by atoms with Crippen LogP contribution in [0.2, 0.25) is 0 Å². The lowest BCUT2D eigenvalue weighted by Crippen LogP contribution is -2.51. The smallest absolute Gasteiger partial charge is 0.471 e. The minimum absolute atomic E-state index is 0.0555. The molecule has 6 nitrogen and oxygen atoms in total. The highest BCUT2D eigenvalue weighted by molar-refractivity contribution is 5.87. The summed E-state index contributed by atoms with van der Waals surface area (Å²) in [5.74, 6) is -5.35. The first-order valence-corrected chi connectivity index (χ1v) is 5.43. The van der Waals surface area contributed by atoms with Crippen LogP contribution in [0.3, 0.4) is 0 Å². The van der Waals surface area contributed by atoms with Crippen molar-refractivity contribution in [3.05, 3.63) is 0 Å². The van der Waals surface area contributed by atoms with Crippen LogP contribution in [0.5, 0.6) is 0 Å². The second-order valence-corrected chi connectivity index (χ2v) is 3.78. The highest BCUT2D eigenvalue weighted by Crippen LogP contribution is 2.22. The summed E-state index contributed by atoms with van der Waals surface area (Å²) in [5, 5.41) is 17.3. The molecule has 0 aromatic heterocycles. The normalized spacial score (nSPS) is 12.8. The summed E-state index contributed by atoms with van der Waals surface area (Å²) >= 11 is 0. The summed E-state index contributed by atoms with van der Waals surface area (Å²) < 4.78 is 37.1. The lowest BCUT2D eigenvalue weighted by Gasteiger charge is -2.29. The number of hydrogen-bond donors (Lipinski definition) is 2. The van der Waals surface area contributed by atoms with Crippen molar-refractivity contribution in [3.8, 4) is 0 Å². The van der Waals surface area contributed by atoms with Gasteiger partial charge in [-0.15, -0.1) is 0 Å². The maximum absolute atomic E-state index is 12.4. The molecule has 0 spiro atoms. The molecule has 0 rings (SSSR count). The summed E-state index contributed by atoms with van der Waals surface area (Å²) in [6, 6.07) is -1.68. The molecule has 0 aliphatic rings. The van der Waals surface area contributed by atoms with Gasteiger partial charge >= 0.3 is 24.0 Å². The highest BCUT2D eigenvalue weighted by atomic mass is 19.4. The number of carboxylic acids is 2. The Balaban J connectivity index is 5.17. The number of amides is 1. The Bertz CT molecular complexity index is 356. The van der Waals surface area contributed by atoms with Gasteiger partial charge in [0, 0.05) is 6.54 Å². The van der Waals surface area contributed by atoms with Crippen LogP contribution >= 0.6 is 0 Å². The summed E-state index contributed by atoms with van der Waals surface area (Å²) in [6.07, 6.45) is -5.93. The predicted molar refractivity (Wildman–Crippen MR) is 56.4 cm³/mol. The van der Waals surface area contributed by atoms with E-state index in [4.69, 9.17) is 10.2 Å². The standard InChI is InChI=1S/C10H14F3NO5/c1-2-3-6(8(17)18)14(5-4-7(15)16)9(19)10(11,12)13/h6H,2-5H2,1H3,(H,15,16)(H,17,18). The van der Waals surface area contributed by atoms with E-state index in [1.165, 1.54) is 0 Å². The second kappa shape index (κ2) is 6.95. The number of halogens is 3. The maximum Gasteiger partial charge on any atom is 0.471 e. The highest BCUT2D eigenvalue weighted by Gasteiger charge is 2.45. The first-order valence-electron chi connectivity index (χ1n) is 5.43.